The van der Waals surface area contributed by atoms with Crippen LogP contribution in [0.15, 0.2) is 114 Å². The Kier molecular flexibility index (Phi) is 33.3. The number of anilines is 3. The first-order chi connectivity index (χ1) is 54.4. The van der Waals surface area contributed by atoms with Crippen LogP contribution in [0, 0.1) is 11.8 Å². The maximum absolute atomic E-state index is 14.7. The molecule has 9 rings (SSSR count). The molecule has 4 heterocycles. The summed E-state index contributed by atoms with van der Waals surface area (Å²) in [6.45, 7) is 12.7. The highest BCUT2D eigenvalue weighted by Gasteiger charge is 2.40. The molecule has 34 heteroatoms. The second kappa shape index (κ2) is 43.1. The molecule has 5 aromatic carbocycles. The van der Waals surface area contributed by atoms with Crippen LogP contribution in [-0.4, -0.2) is 235 Å². The topological polar surface area (TPSA) is 383 Å². The van der Waals surface area contributed by atoms with Crippen LogP contribution in [0.1, 0.15) is 103 Å². The van der Waals surface area contributed by atoms with Crippen molar-refractivity contribution in [1.82, 2.24) is 25.3 Å². The number of furan rings is 1. The molecule has 3 aliphatic rings. The predicted octanol–water partition coefficient (Wildman–Crippen LogP) is 9.74. The van der Waals surface area contributed by atoms with Gasteiger partial charge >= 0.3 is 25.8 Å². The number of nitrogens with zero attached hydrogens (tertiary/aromatic N) is 5. The van der Waals surface area contributed by atoms with Crippen LogP contribution in [0.4, 0.5) is 31.4 Å². The molecule has 610 valence electrons. The molecule has 0 spiro atoms. The minimum Gasteiger partial charge on any atom is -0.446 e. The average molecular weight is 1630 g/mol. The fourth-order valence-electron chi connectivity index (χ4n) is 13.3. The van der Waals surface area contributed by atoms with Crippen LogP contribution in [0.25, 0.3) is 21.5 Å². The third-order valence-corrected chi connectivity index (χ3v) is 20.3. The van der Waals surface area contributed by atoms with Gasteiger partial charge in [-0.15, -0.1) is 23.2 Å². The van der Waals surface area contributed by atoms with Crippen molar-refractivity contribution < 1.29 is 104 Å². The Bertz CT molecular complexity index is 4390. The number of halogens is 2. The van der Waals surface area contributed by atoms with E-state index in [1.54, 1.807) is 88.4 Å². The molecule has 5 atom stereocenters. The third kappa shape index (κ3) is 24.5. The molecule has 1 unspecified atom stereocenters. The summed E-state index contributed by atoms with van der Waals surface area (Å²) in [6, 6.07) is 25.3. The van der Waals surface area contributed by atoms with Gasteiger partial charge in [-0.2, -0.15) is 0 Å². The van der Waals surface area contributed by atoms with Gasteiger partial charge in [0.15, 0.2) is 17.3 Å². The van der Waals surface area contributed by atoms with E-state index in [-0.39, 0.29) is 175 Å². The largest absolute Gasteiger partial charge is 0.446 e. The summed E-state index contributed by atoms with van der Waals surface area (Å²) >= 11 is 13.1. The molecule has 0 fully saturated rings. The lowest BCUT2D eigenvalue weighted by Gasteiger charge is -2.26. The number of alkyl halides is 2. The summed E-state index contributed by atoms with van der Waals surface area (Å²) in [5, 5.41) is 10.7. The minimum absolute atomic E-state index is 0.0327. The number of hydrogen-bond acceptors (Lipinski definition) is 21. The Morgan fingerprint density at radius 2 is 1.12 bits per heavy atom. The van der Waals surface area contributed by atoms with E-state index in [0.29, 0.717) is 103 Å². The maximum atomic E-state index is 14.7. The summed E-state index contributed by atoms with van der Waals surface area (Å²) in [6.07, 6.45) is 1.31. The number of ketones is 1. The zero-order valence-electron chi connectivity index (χ0n) is 63.9. The van der Waals surface area contributed by atoms with Crippen molar-refractivity contribution in [3.05, 3.63) is 137 Å². The second-order valence-electron chi connectivity index (χ2n) is 27.2. The molecule has 113 heavy (non-hydrogen) atoms. The fraction of sp³-hybridized carbons (Fsp3) is 0.468. The van der Waals surface area contributed by atoms with E-state index in [1.165, 1.54) is 43.9 Å². The normalized spacial score (nSPS) is 15.4. The summed E-state index contributed by atoms with van der Waals surface area (Å²) in [4.78, 5) is 150. The number of likely N-dealkylation sites (N-methyl/N-ethyl adjacent to an activating group) is 2. The van der Waals surface area contributed by atoms with E-state index < -0.39 is 61.4 Å². The number of benzene rings is 5. The maximum Gasteiger partial charge on any atom is 0.415 e. The van der Waals surface area contributed by atoms with E-state index in [2.05, 4.69) is 16.0 Å². The number of nitrogens with two attached hydrogens (primary N) is 1. The van der Waals surface area contributed by atoms with E-state index in [9.17, 15) is 57.4 Å². The van der Waals surface area contributed by atoms with E-state index in [4.69, 9.17) is 75.8 Å². The van der Waals surface area contributed by atoms with Crippen molar-refractivity contribution in [2.75, 3.05) is 165 Å². The Hall–Kier alpha value is -9.53. The number of imide groups is 1. The first kappa shape index (κ1) is 87.4. The molecule has 0 aliphatic carbocycles. The Labute approximate surface area is 664 Å². The number of carbonyl (C=O) groups is 10. The van der Waals surface area contributed by atoms with Gasteiger partial charge in [-0.05, 0) is 84.3 Å². The summed E-state index contributed by atoms with van der Waals surface area (Å²) < 4.78 is 69.1. The van der Waals surface area contributed by atoms with Crippen LogP contribution in [-0.2, 0) is 68.3 Å². The van der Waals surface area contributed by atoms with Gasteiger partial charge in [-0.25, -0.2) is 18.9 Å². The van der Waals surface area contributed by atoms with Gasteiger partial charge in [0.2, 0.25) is 11.8 Å². The number of primary amides is 1. The summed E-state index contributed by atoms with van der Waals surface area (Å²) in [5.74, 6) is -4.77. The Morgan fingerprint density at radius 1 is 0.646 bits per heavy atom. The van der Waals surface area contributed by atoms with Gasteiger partial charge in [0.25, 0.3) is 23.6 Å². The first-order valence-corrected chi connectivity index (χ1v) is 40.6. The monoisotopic (exact) mass is 1630 g/mol. The zero-order valence-corrected chi connectivity index (χ0v) is 66.3. The summed E-state index contributed by atoms with van der Waals surface area (Å²) in [7, 11) is -4.03. The molecule has 10 amide bonds. The predicted molar refractivity (Wildman–Crippen MR) is 421 cm³/mol. The van der Waals surface area contributed by atoms with Crippen LogP contribution >= 0.6 is 30.8 Å². The lowest BCUT2D eigenvalue weighted by molar-refractivity contribution is -0.137. The molecule has 31 nitrogen and oxygen atoms in total. The van der Waals surface area contributed by atoms with Crippen molar-refractivity contribution in [3.8, 4) is 11.5 Å². The van der Waals surface area contributed by atoms with Crippen molar-refractivity contribution in [3.63, 3.8) is 0 Å². The van der Waals surface area contributed by atoms with Gasteiger partial charge in [0.1, 0.15) is 18.1 Å². The number of urea groups is 1. The molecule has 3 aliphatic heterocycles. The number of fused-ring (bicyclic) bond motifs is 6. The van der Waals surface area contributed by atoms with Crippen LogP contribution in [0.3, 0.4) is 0 Å². The zero-order chi connectivity index (χ0) is 81.1. The van der Waals surface area contributed by atoms with Gasteiger partial charge < -0.3 is 93.0 Å². The van der Waals surface area contributed by atoms with Crippen molar-refractivity contribution in [2.45, 2.75) is 77.9 Å². The molecule has 0 saturated carbocycles. The first-order valence-electron chi connectivity index (χ1n) is 37.5. The fourth-order valence-corrected chi connectivity index (χ4v) is 14.3. The van der Waals surface area contributed by atoms with E-state index in [0.717, 1.165) is 22.7 Å². The van der Waals surface area contributed by atoms with Gasteiger partial charge in [-0.1, -0.05) is 74.5 Å². The number of amides is 10. The minimum atomic E-state index is -4.03. The van der Waals surface area contributed by atoms with E-state index in [1.807, 2.05) is 24.3 Å². The second-order valence-corrected chi connectivity index (χ2v) is 29.6. The van der Waals surface area contributed by atoms with Crippen molar-refractivity contribution in [1.29, 1.82) is 0 Å². The number of carbonyl (C=O) groups excluding carboxylic acids is 10. The molecule has 0 radical (unpaired) electrons. The Morgan fingerprint density at radius 3 is 1.61 bits per heavy atom. The number of Topliss-reactive ketones (excluding diaryl/α,β-unsaturated/α-hetero) is 1. The number of rotatable bonds is 46. The highest BCUT2D eigenvalue weighted by Crippen LogP contribution is 2.50. The quantitative estimate of drug-likeness (QED) is 0.0103. The third-order valence-electron chi connectivity index (χ3n) is 19.0. The molecular formula is C79H98Cl2N9O22P. The standard InChI is InChI=1S/C79H98Cl2N9O22P/c1-6-86(28-29-87(7-2)79(100)111-66-44-61-71(59-16-10-8-14-57(59)66)54(46-80)48-89(61)75(96)64-22-23-65(110-64)76(97)90-49-55(47-81)72-60-17-11-9-15-58(60)67(45-62(72)90)112-113(5,101)102)78(99)109-50-52-18-20-56(21-19-52)84-74(95)53(13-12-27-83-77(82)98)43-63(91)73(51(3)4)85-68(92)26-31-103-33-35-105-37-39-107-41-42-108-40-38-106-36-34-104-32-30-88-69(93)24-25-70(88)94/h8-11,14-25,44-45,51,53-55,73H,6-7,12-13,26-43,46-50H2,1-5H3,(H,84,95)(H,85,92)(H,101,102)(H3,82,83,98)/t53-,54-,55-,73+/m1/s1. The van der Waals surface area contributed by atoms with Crippen molar-refractivity contribution >= 4 is 129 Å². The SMILES string of the molecule is CCN(CCN(CC)C(=O)Oc1cc2c(c3ccccc13)[C@H](CCl)CN2C(=O)c1ccc(C(=O)N2C[C@@H](CCl)c3c2cc(OP(C)(=O)O)c2ccccc32)o1)C(=O)OCc1ccc(NC(=O)[C@H](CCCNC(N)=O)CC(=O)[C@@H](NC(=O)CCOCCOCCOCCOCCOCCOCCN2C(=O)C=CC2=O)C(C)C)cc1. The number of nitrogens with one attached hydrogen (secondary N) is 3. The molecule has 0 saturated heterocycles. The number of ether oxygens (including phenoxy) is 8. The van der Waals surface area contributed by atoms with Crippen LogP contribution in [0.2, 0.25) is 0 Å². The Balaban J connectivity index is 0.705. The lowest BCUT2D eigenvalue weighted by atomic mass is 9.89. The smallest absolute Gasteiger partial charge is 0.415 e. The van der Waals surface area contributed by atoms with Crippen LogP contribution < -0.4 is 40.7 Å². The molecular weight excluding hydrogens is 1530 g/mol. The van der Waals surface area contributed by atoms with Gasteiger partial charge in [0.05, 0.1) is 103 Å². The highest BCUT2D eigenvalue weighted by molar-refractivity contribution is 7.52. The molecule has 6 N–H and O–H groups in total. The summed E-state index contributed by atoms with van der Waals surface area (Å²) in [5.41, 5.74) is 8.59. The van der Waals surface area contributed by atoms with E-state index >= 15 is 0 Å². The van der Waals surface area contributed by atoms with Gasteiger partial charge in [-0.3, -0.25) is 38.5 Å². The highest BCUT2D eigenvalue weighted by atomic mass is 35.5. The number of hydrogen-bond donors (Lipinski definition) is 5. The molecule has 6 aromatic rings. The average Bonchev–Trinajstić information content (AvgIpc) is 1.61. The lowest BCUT2D eigenvalue weighted by Crippen LogP contribution is -2.45. The van der Waals surface area contributed by atoms with Gasteiger partial charge in [0, 0.05) is 136 Å². The van der Waals surface area contributed by atoms with Crippen molar-refractivity contribution in [2.24, 2.45) is 17.6 Å². The molecule has 1 aromatic heterocycles. The molecule has 0 bridgehead atoms. The van der Waals surface area contributed by atoms with Crippen LogP contribution in [0.5, 0.6) is 11.5 Å².